The second-order valence-corrected chi connectivity index (χ2v) is 4.85. The van der Waals surface area contributed by atoms with E-state index in [4.69, 9.17) is 11.6 Å². The van der Waals surface area contributed by atoms with Gasteiger partial charge in [0.25, 0.3) is 5.91 Å². The third kappa shape index (κ3) is 4.16. The van der Waals surface area contributed by atoms with Crippen molar-refractivity contribution >= 4 is 29.0 Å². The molecule has 1 amide bonds. The summed E-state index contributed by atoms with van der Waals surface area (Å²) in [5, 5.41) is 6.10. The monoisotopic (exact) mass is 307 g/mol. The molecular weight excluding hydrogens is 293 g/mol. The zero-order chi connectivity index (χ0) is 15.2. The lowest BCUT2D eigenvalue weighted by Crippen LogP contribution is -2.13. The predicted molar refractivity (Wildman–Crippen MR) is 82.4 cm³/mol. The van der Waals surface area contributed by atoms with Crippen molar-refractivity contribution in [1.29, 1.82) is 0 Å². The molecule has 4 nitrogen and oxygen atoms in total. The maximum atomic E-state index is 12.8. The zero-order valence-electron chi connectivity index (χ0n) is 11.5. The Morgan fingerprint density at radius 3 is 2.67 bits per heavy atom. The molecule has 0 atom stereocenters. The number of hydrogen-bond acceptors (Lipinski definition) is 3. The Morgan fingerprint density at radius 1 is 1.33 bits per heavy atom. The predicted octanol–water partition coefficient (Wildman–Crippen LogP) is 3.95. The average Bonchev–Trinajstić information content (AvgIpc) is 2.48. The molecule has 2 N–H and O–H groups in total. The van der Waals surface area contributed by atoms with Gasteiger partial charge in [0.05, 0.1) is 10.6 Å². The average molecular weight is 308 g/mol. The third-order valence-corrected chi connectivity index (χ3v) is 3.04. The molecule has 0 unspecified atom stereocenters. The summed E-state index contributed by atoms with van der Waals surface area (Å²) >= 11 is 6.08. The van der Waals surface area contributed by atoms with E-state index in [1.807, 2.05) is 6.92 Å². The minimum atomic E-state index is -0.357. The first kappa shape index (κ1) is 15.3. The van der Waals surface area contributed by atoms with E-state index in [0.717, 1.165) is 13.0 Å². The Balaban J connectivity index is 2.08. The van der Waals surface area contributed by atoms with Crippen molar-refractivity contribution in [2.24, 2.45) is 0 Å². The molecule has 0 aliphatic carbocycles. The molecule has 0 aliphatic heterocycles. The van der Waals surface area contributed by atoms with E-state index in [9.17, 15) is 9.18 Å². The van der Waals surface area contributed by atoms with Crippen molar-refractivity contribution < 1.29 is 9.18 Å². The molecule has 1 heterocycles. The van der Waals surface area contributed by atoms with E-state index in [-0.39, 0.29) is 11.7 Å². The molecule has 0 bridgehead atoms. The van der Waals surface area contributed by atoms with Crippen molar-refractivity contribution in [3.05, 3.63) is 52.9 Å². The van der Waals surface area contributed by atoms with Crippen LogP contribution in [0.5, 0.6) is 0 Å². The number of pyridine rings is 1. The number of rotatable bonds is 5. The lowest BCUT2D eigenvalue weighted by atomic mass is 10.2. The summed E-state index contributed by atoms with van der Waals surface area (Å²) in [6, 6.07) is 7.07. The second kappa shape index (κ2) is 7.04. The molecule has 0 saturated carbocycles. The van der Waals surface area contributed by atoms with Crippen molar-refractivity contribution in [1.82, 2.24) is 4.98 Å². The van der Waals surface area contributed by atoms with Gasteiger partial charge in [-0.05, 0) is 36.8 Å². The number of hydrogen-bond donors (Lipinski definition) is 2. The van der Waals surface area contributed by atoms with Crippen LogP contribution in [-0.2, 0) is 0 Å². The molecule has 1 aromatic heterocycles. The SMILES string of the molecule is CCCNc1ncc(C(=O)Nc2ccc(F)cc2)cc1Cl. The number of benzene rings is 1. The Kier molecular flexibility index (Phi) is 5.11. The number of nitrogens with zero attached hydrogens (tertiary/aromatic N) is 1. The van der Waals surface area contributed by atoms with Gasteiger partial charge in [-0.3, -0.25) is 4.79 Å². The van der Waals surface area contributed by atoms with Crippen LogP contribution in [0.25, 0.3) is 0 Å². The molecular formula is C15H15ClFN3O. The second-order valence-electron chi connectivity index (χ2n) is 4.44. The Bertz CT molecular complexity index is 631. The van der Waals surface area contributed by atoms with Crippen LogP contribution in [0.15, 0.2) is 36.5 Å². The van der Waals surface area contributed by atoms with Gasteiger partial charge in [0, 0.05) is 18.4 Å². The highest BCUT2D eigenvalue weighted by atomic mass is 35.5. The lowest BCUT2D eigenvalue weighted by molar-refractivity contribution is 0.102. The van der Waals surface area contributed by atoms with Crippen LogP contribution < -0.4 is 10.6 Å². The van der Waals surface area contributed by atoms with E-state index in [2.05, 4.69) is 15.6 Å². The van der Waals surface area contributed by atoms with Gasteiger partial charge in [0.2, 0.25) is 0 Å². The van der Waals surface area contributed by atoms with Crippen molar-refractivity contribution in [3.8, 4) is 0 Å². The quantitative estimate of drug-likeness (QED) is 0.879. The van der Waals surface area contributed by atoms with Crippen molar-refractivity contribution in [2.75, 3.05) is 17.2 Å². The maximum absolute atomic E-state index is 12.8. The number of nitrogens with one attached hydrogen (secondary N) is 2. The maximum Gasteiger partial charge on any atom is 0.257 e. The van der Waals surface area contributed by atoms with Gasteiger partial charge < -0.3 is 10.6 Å². The van der Waals surface area contributed by atoms with E-state index < -0.39 is 0 Å². The summed E-state index contributed by atoms with van der Waals surface area (Å²) in [6.45, 7) is 2.79. The highest BCUT2D eigenvalue weighted by Crippen LogP contribution is 2.20. The minimum Gasteiger partial charge on any atom is -0.369 e. The van der Waals surface area contributed by atoms with Gasteiger partial charge in [-0.1, -0.05) is 18.5 Å². The molecule has 0 fully saturated rings. The summed E-state index contributed by atoms with van der Waals surface area (Å²) < 4.78 is 12.8. The number of anilines is 2. The fourth-order valence-electron chi connectivity index (χ4n) is 1.67. The third-order valence-electron chi connectivity index (χ3n) is 2.75. The fourth-order valence-corrected chi connectivity index (χ4v) is 1.91. The molecule has 6 heteroatoms. The van der Waals surface area contributed by atoms with E-state index in [1.165, 1.54) is 30.5 Å². The Hall–Kier alpha value is -2.14. The van der Waals surface area contributed by atoms with Crippen LogP contribution in [0.4, 0.5) is 15.9 Å². The highest BCUT2D eigenvalue weighted by molar-refractivity contribution is 6.33. The lowest BCUT2D eigenvalue weighted by Gasteiger charge is -2.08. The number of amides is 1. The van der Waals surface area contributed by atoms with Gasteiger partial charge in [-0.2, -0.15) is 0 Å². The molecule has 110 valence electrons. The zero-order valence-corrected chi connectivity index (χ0v) is 12.2. The number of halogens is 2. The molecule has 0 aliphatic rings. The molecule has 0 saturated heterocycles. The first-order valence-electron chi connectivity index (χ1n) is 6.56. The van der Waals surface area contributed by atoms with Crippen LogP contribution in [0.1, 0.15) is 23.7 Å². The fraction of sp³-hybridized carbons (Fsp3) is 0.200. The van der Waals surface area contributed by atoms with Gasteiger partial charge in [0.15, 0.2) is 0 Å². The molecule has 2 aromatic rings. The van der Waals surface area contributed by atoms with Crippen LogP contribution in [0, 0.1) is 5.82 Å². The summed E-state index contributed by atoms with van der Waals surface area (Å²) in [4.78, 5) is 16.2. The van der Waals surface area contributed by atoms with Crippen LogP contribution >= 0.6 is 11.6 Å². The Morgan fingerprint density at radius 2 is 2.05 bits per heavy atom. The highest BCUT2D eigenvalue weighted by Gasteiger charge is 2.10. The van der Waals surface area contributed by atoms with Crippen LogP contribution in [0.2, 0.25) is 5.02 Å². The molecule has 0 radical (unpaired) electrons. The number of aromatic nitrogens is 1. The van der Waals surface area contributed by atoms with Gasteiger partial charge in [-0.25, -0.2) is 9.37 Å². The van der Waals surface area contributed by atoms with Crippen LogP contribution in [-0.4, -0.2) is 17.4 Å². The van der Waals surface area contributed by atoms with Gasteiger partial charge in [-0.15, -0.1) is 0 Å². The molecule has 1 aromatic carbocycles. The Labute approximate surface area is 127 Å². The smallest absolute Gasteiger partial charge is 0.257 e. The first-order valence-corrected chi connectivity index (χ1v) is 6.94. The largest absolute Gasteiger partial charge is 0.369 e. The van der Waals surface area contributed by atoms with Gasteiger partial charge in [0.1, 0.15) is 11.6 Å². The summed E-state index contributed by atoms with van der Waals surface area (Å²) in [6.07, 6.45) is 2.40. The minimum absolute atomic E-state index is 0.339. The number of carbonyl (C=O) groups is 1. The van der Waals surface area contributed by atoms with E-state index in [0.29, 0.717) is 22.1 Å². The topological polar surface area (TPSA) is 54.0 Å². The van der Waals surface area contributed by atoms with E-state index >= 15 is 0 Å². The molecule has 0 spiro atoms. The first-order chi connectivity index (χ1) is 10.1. The van der Waals surface area contributed by atoms with Crippen LogP contribution in [0.3, 0.4) is 0 Å². The summed E-state index contributed by atoms with van der Waals surface area (Å²) in [5.74, 6) is -0.154. The standard InChI is InChI=1S/C15H15ClFN3O/c1-2-7-18-14-13(16)8-10(9-19-14)15(21)20-12-5-3-11(17)4-6-12/h3-6,8-9H,2,7H2,1H3,(H,18,19)(H,20,21). The summed E-state index contributed by atoms with van der Waals surface area (Å²) in [5.41, 5.74) is 0.845. The summed E-state index contributed by atoms with van der Waals surface area (Å²) in [7, 11) is 0. The van der Waals surface area contributed by atoms with Crippen molar-refractivity contribution in [2.45, 2.75) is 13.3 Å². The van der Waals surface area contributed by atoms with Gasteiger partial charge >= 0.3 is 0 Å². The van der Waals surface area contributed by atoms with E-state index in [1.54, 1.807) is 6.07 Å². The molecule has 2 rings (SSSR count). The normalized spacial score (nSPS) is 10.2. The molecule has 21 heavy (non-hydrogen) atoms. The van der Waals surface area contributed by atoms with Crippen molar-refractivity contribution in [3.63, 3.8) is 0 Å². The number of carbonyl (C=O) groups excluding carboxylic acids is 1.